The van der Waals surface area contributed by atoms with E-state index in [0.717, 1.165) is 44.5 Å². The van der Waals surface area contributed by atoms with Gasteiger partial charge in [0.05, 0.1) is 10.9 Å². The molecule has 0 bridgehead atoms. The molecule has 3 aromatic rings. The normalized spacial score (nSPS) is 18.0. The molecule has 2 fully saturated rings. The fourth-order valence-electron chi connectivity index (χ4n) is 3.91. The molecule has 0 atom stereocenters. The molecule has 144 valence electrons. The molecule has 5 rings (SSSR count). The molecule has 1 aliphatic heterocycles. The lowest BCUT2D eigenvalue weighted by Gasteiger charge is -2.30. The molecule has 5 nitrogen and oxygen atoms in total. The summed E-state index contributed by atoms with van der Waals surface area (Å²) in [7, 11) is 0. The molecule has 2 aliphatic rings. The Labute approximate surface area is 162 Å². The van der Waals surface area contributed by atoms with Gasteiger partial charge in [0, 0.05) is 30.3 Å². The number of carbonyl (C=O) groups excluding carboxylic acids is 1. The monoisotopic (exact) mass is 379 g/mol. The smallest absolute Gasteiger partial charge is 0.259 e. The molecule has 0 unspecified atom stereocenters. The third kappa shape index (κ3) is 3.07. The number of piperidine rings is 1. The van der Waals surface area contributed by atoms with Crippen molar-refractivity contribution < 1.29 is 13.7 Å². The summed E-state index contributed by atoms with van der Waals surface area (Å²) in [6.45, 7) is 3.75. The Morgan fingerprint density at radius 2 is 1.86 bits per heavy atom. The average Bonchev–Trinajstić information content (AvgIpc) is 3.48. The Balaban J connectivity index is 1.63. The maximum Gasteiger partial charge on any atom is 0.259 e. The topological polar surface area (TPSA) is 59.2 Å². The van der Waals surface area contributed by atoms with Crippen LogP contribution in [-0.2, 0) is 0 Å². The van der Waals surface area contributed by atoms with Crippen LogP contribution in [0, 0.1) is 11.7 Å². The first-order chi connectivity index (χ1) is 13.6. The average molecular weight is 379 g/mol. The highest BCUT2D eigenvalue weighted by atomic mass is 19.1. The van der Waals surface area contributed by atoms with Crippen molar-refractivity contribution in [2.45, 2.75) is 38.5 Å². The fourth-order valence-corrected chi connectivity index (χ4v) is 3.91. The minimum Gasteiger partial charge on any atom is -0.339 e. The second kappa shape index (κ2) is 6.69. The third-order valence-corrected chi connectivity index (χ3v) is 5.88. The molecule has 3 heterocycles. The van der Waals surface area contributed by atoms with Crippen molar-refractivity contribution in [2.75, 3.05) is 13.1 Å². The third-order valence-electron chi connectivity index (χ3n) is 5.88. The van der Waals surface area contributed by atoms with Gasteiger partial charge in [0.2, 0.25) is 0 Å². The van der Waals surface area contributed by atoms with Crippen molar-refractivity contribution in [3.05, 3.63) is 47.4 Å². The minimum atomic E-state index is -0.315. The lowest BCUT2D eigenvalue weighted by molar-refractivity contribution is 0.0699. The minimum absolute atomic E-state index is 0.00719. The number of likely N-dealkylation sites (tertiary alicyclic amines) is 1. The predicted octanol–water partition coefficient (Wildman–Crippen LogP) is 4.78. The van der Waals surface area contributed by atoms with Crippen LogP contribution < -0.4 is 0 Å². The number of amides is 1. The Bertz CT molecular complexity index is 1030. The van der Waals surface area contributed by atoms with Gasteiger partial charge < -0.3 is 9.42 Å². The Morgan fingerprint density at radius 1 is 1.14 bits per heavy atom. The van der Waals surface area contributed by atoms with Crippen molar-refractivity contribution in [3.8, 4) is 11.3 Å². The molecule has 0 spiro atoms. The van der Waals surface area contributed by atoms with E-state index in [-0.39, 0.29) is 11.7 Å². The van der Waals surface area contributed by atoms with Crippen LogP contribution in [0.5, 0.6) is 0 Å². The first kappa shape index (κ1) is 17.3. The molecule has 1 aromatic carbocycles. The van der Waals surface area contributed by atoms with Gasteiger partial charge in [0.15, 0.2) is 0 Å². The highest BCUT2D eigenvalue weighted by Crippen LogP contribution is 2.41. The second-order valence-electron chi connectivity index (χ2n) is 8.06. The number of rotatable bonds is 3. The van der Waals surface area contributed by atoms with Crippen LogP contribution in [0.4, 0.5) is 4.39 Å². The van der Waals surface area contributed by atoms with Gasteiger partial charge in [-0.15, -0.1) is 0 Å². The van der Waals surface area contributed by atoms with Gasteiger partial charge in [-0.1, -0.05) is 12.1 Å². The van der Waals surface area contributed by atoms with Crippen LogP contribution in [-0.4, -0.2) is 34.0 Å². The molecule has 1 saturated heterocycles. The predicted molar refractivity (Wildman–Crippen MR) is 103 cm³/mol. The van der Waals surface area contributed by atoms with Crippen molar-refractivity contribution in [1.29, 1.82) is 0 Å². The maximum absolute atomic E-state index is 13.4. The zero-order chi connectivity index (χ0) is 19.3. The van der Waals surface area contributed by atoms with Gasteiger partial charge >= 0.3 is 0 Å². The highest BCUT2D eigenvalue weighted by molar-refractivity contribution is 6.09. The summed E-state index contributed by atoms with van der Waals surface area (Å²) in [5.41, 5.74) is 3.14. The summed E-state index contributed by atoms with van der Waals surface area (Å²) >= 11 is 0. The number of aromatic nitrogens is 2. The van der Waals surface area contributed by atoms with Gasteiger partial charge in [-0.3, -0.25) is 4.79 Å². The number of hydrogen-bond acceptors (Lipinski definition) is 4. The van der Waals surface area contributed by atoms with Gasteiger partial charge in [0.1, 0.15) is 11.5 Å². The zero-order valence-corrected chi connectivity index (χ0v) is 15.8. The molecule has 1 saturated carbocycles. The molecule has 0 radical (unpaired) electrons. The molecule has 6 heteroatoms. The van der Waals surface area contributed by atoms with Crippen molar-refractivity contribution in [2.24, 2.45) is 5.92 Å². The van der Waals surface area contributed by atoms with Crippen molar-refractivity contribution in [3.63, 3.8) is 0 Å². The lowest BCUT2D eigenvalue weighted by Crippen LogP contribution is -2.38. The fraction of sp³-hybridized carbons (Fsp3) is 0.409. The van der Waals surface area contributed by atoms with Crippen LogP contribution in [0.3, 0.4) is 0 Å². The number of hydrogen-bond donors (Lipinski definition) is 0. The van der Waals surface area contributed by atoms with Crippen LogP contribution >= 0.6 is 0 Å². The standard InChI is InChI=1S/C22H22FN3O2/c1-13-8-10-26(11-9-13)22(27)17-12-18(14-2-3-14)24-21-19(17)20(25-28-21)15-4-6-16(23)7-5-15/h4-7,12-14H,2-3,8-11H2,1H3. The van der Waals surface area contributed by atoms with E-state index in [4.69, 9.17) is 4.52 Å². The summed E-state index contributed by atoms with van der Waals surface area (Å²) in [5.74, 6) is 0.739. The van der Waals surface area contributed by atoms with E-state index in [0.29, 0.717) is 39.8 Å². The summed E-state index contributed by atoms with van der Waals surface area (Å²) in [6.07, 6.45) is 4.21. The van der Waals surface area contributed by atoms with Crippen LogP contribution in [0.1, 0.15) is 54.6 Å². The largest absolute Gasteiger partial charge is 0.339 e. The van der Waals surface area contributed by atoms with Gasteiger partial charge in [-0.05, 0) is 61.9 Å². The van der Waals surface area contributed by atoms with E-state index in [1.807, 2.05) is 11.0 Å². The number of nitrogens with zero attached hydrogens (tertiary/aromatic N) is 3. The van der Waals surface area contributed by atoms with E-state index in [9.17, 15) is 9.18 Å². The van der Waals surface area contributed by atoms with Crippen molar-refractivity contribution >= 4 is 17.0 Å². The first-order valence-electron chi connectivity index (χ1n) is 9.95. The number of halogens is 1. The summed E-state index contributed by atoms with van der Waals surface area (Å²) in [5, 5.41) is 4.81. The maximum atomic E-state index is 13.4. The van der Waals surface area contributed by atoms with Crippen molar-refractivity contribution in [1.82, 2.24) is 15.0 Å². The summed E-state index contributed by atoms with van der Waals surface area (Å²) in [6, 6.07) is 7.99. The lowest BCUT2D eigenvalue weighted by atomic mass is 9.97. The molecular weight excluding hydrogens is 357 g/mol. The van der Waals surface area contributed by atoms with Crippen LogP contribution in [0.25, 0.3) is 22.4 Å². The summed E-state index contributed by atoms with van der Waals surface area (Å²) in [4.78, 5) is 20.0. The molecule has 1 amide bonds. The first-order valence-corrected chi connectivity index (χ1v) is 9.95. The molecular formula is C22H22FN3O2. The molecule has 1 aliphatic carbocycles. The SMILES string of the molecule is CC1CCN(C(=O)c2cc(C3CC3)nc3onc(-c4ccc(F)cc4)c23)CC1. The van der Waals surface area contributed by atoms with Crippen LogP contribution in [0.15, 0.2) is 34.9 Å². The second-order valence-corrected chi connectivity index (χ2v) is 8.06. The molecule has 2 aromatic heterocycles. The van der Waals surface area contributed by atoms with Gasteiger partial charge in [-0.25, -0.2) is 9.37 Å². The highest BCUT2D eigenvalue weighted by Gasteiger charge is 2.31. The van der Waals surface area contributed by atoms with Crippen LogP contribution in [0.2, 0.25) is 0 Å². The van der Waals surface area contributed by atoms with E-state index in [1.54, 1.807) is 12.1 Å². The molecule has 0 N–H and O–H groups in total. The Hall–Kier alpha value is -2.76. The molecule has 28 heavy (non-hydrogen) atoms. The van der Waals surface area contributed by atoms with E-state index in [2.05, 4.69) is 17.1 Å². The number of pyridine rings is 1. The number of carbonyl (C=O) groups is 1. The Kier molecular flexibility index (Phi) is 4.14. The number of fused-ring (bicyclic) bond motifs is 1. The van der Waals surface area contributed by atoms with E-state index >= 15 is 0 Å². The van der Waals surface area contributed by atoms with Gasteiger partial charge in [-0.2, -0.15) is 0 Å². The van der Waals surface area contributed by atoms with Gasteiger partial charge in [0.25, 0.3) is 11.6 Å². The zero-order valence-electron chi connectivity index (χ0n) is 15.8. The van der Waals surface area contributed by atoms with E-state index in [1.165, 1.54) is 12.1 Å². The Morgan fingerprint density at radius 3 is 2.54 bits per heavy atom. The number of benzene rings is 1. The quantitative estimate of drug-likeness (QED) is 0.657. The summed E-state index contributed by atoms with van der Waals surface area (Å²) < 4.78 is 18.9. The van der Waals surface area contributed by atoms with E-state index < -0.39 is 0 Å².